The van der Waals surface area contributed by atoms with Crippen LogP contribution in [0.2, 0.25) is 5.02 Å². The lowest BCUT2D eigenvalue weighted by Crippen LogP contribution is -2.47. The van der Waals surface area contributed by atoms with E-state index in [9.17, 15) is 4.79 Å². The summed E-state index contributed by atoms with van der Waals surface area (Å²) in [6, 6.07) is 6.80. The van der Waals surface area contributed by atoms with E-state index in [0.29, 0.717) is 6.04 Å². The van der Waals surface area contributed by atoms with E-state index in [1.165, 1.54) is 31.5 Å². The van der Waals surface area contributed by atoms with E-state index in [1.807, 2.05) is 0 Å². The minimum atomic E-state index is 0.198. The van der Waals surface area contributed by atoms with Gasteiger partial charge in [-0.05, 0) is 88.4 Å². The highest BCUT2D eigenvalue weighted by Crippen LogP contribution is 2.29. The largest absolute Gasteiger partial charge is 0.369 e. The summed E-state index contributed by atoms with van der Waals surface area (Å²) in [7, 11) is 0. The third-order valence-electron chi connectivity index (χ3n) is 7.26. The van der Waals surface area contributed by atoms with Crippen LogP contribution in [0.5, 0.6) is 0 Å². The van der Waals surface area contributed by atoms with E-state index in [4.69, 9.17) is 11.6 Å². The molecule has 3 aliphatic rings. The topological polar surface area (TPSA) is 35.6 Å². The SMILES string of the molecule is Cc1ccc(N2CCN(CC[C@H]3CC[C@H](NC(=O)C4=CCCC4)CC3)CC2)cc1Cl. The van der Waals surface area contributed by atoms with Gasteiger partial charge in [0.25, 0.3) is 0 Å². The highest BCUT2D eigenvalue weighted by atomic mass is 35.5. The Morgan fingerprint density at radius 3 is 2.57 bits per heavy atom. The number of nitrogens with one attached hydrogen (secondary N) is 1. The predicted octanol–water partition coefficient (Wildman–Crippen LogP) is 4.95. The molecule has 1 amide bonds. The quantitative estimate of drug-likeness (QED) is 0.695. The van der Waals surface area contributed by atoms with Crippen LogP contribution >= 0.6 is 11.6 Å². The molecule has 1 heterocycles. The summed E-state index contributed by atoms with van der Waals surface area (Å²) in [5, 5.41) is 4.14. The molecule has 1 aliphatic heterocycles. The van der Waals surface area contributed by atoms with Crippen LogP contribution in [0.3, 0.4) is 0 Å². The molecular weight excluding hydrogens is 394 g/mol. The molecule has 5 heteroatoms. The van der Waals surface area contributed by atoms with Crippen molar-refractivity contribution in [2.45, 2.75) is 64.3 Å². The Kier molecular flexibility index (Phi) is 7.37. The van der Waals surface area contributed by atoms with Gasteiger partial charge in [-0.15, -0.1) is 0 Å². The molecule has 2 aliphatic carbocycles. The molecule has 0 bridgehead atoms. The Bertz CT molecular complexity index is 762. The highest BCUT2D eigenvalue weighted by Gasteiger charge is 2.25. The number of hydrogen-bond acceptors (Lipinski definition) is 3. The molecule has 0 spiro atoms. The smallest absolute Gasteiger partial charge is 0.247 e. The summed E-state index contributed by atoms with van der Waals surface area (Å²) in [6.07, 6.45) is 11.4. The number of halogens is 1. The van der Waals surface area contributed by atoms with Crippen molar-refractivity contribution in [2.24, 2.45) is 5.92 Å². The number of carbonyl (C=O) groups is 1. The molecule has 4 nitrogen and oxygen atoms in total. The summed E-state index contributed by atoms with van der Waals surface area (Å²) in [4.78, 5) is 17.4. The highest BCUT2D eigenvalue weighted by molar-refractivity contribution is 6.31. The average Bonchev–Trinajstić information content (AvgIpc) is 3.31. The lowest BCUT2D eigenvalue weighted by Gasteiger charge is -2.37. The molecule has 4 rings (SSSR count). The zero-order chi connectivity index (χ0) is 20.9. The number of hydrogen-bond donors (Lipinski definition) is 1. The third kappa shape index (κ3) is 5.59. The van der Waals surface area contributed by atoms with Crippen LogP contribution in [0.15, 0.2) is 29.8 Å². The van der Waals surface area contributed by atoms with E-state index >= 15 is 0 Å². The zero-order valence-corrected chi connectivity index (χ0v) is 19.1. The van der Waals surface area contributed by atoms with Crippen LogP contribution < -0.4 is 10.2 Å². The first kappa shape index (κ1) is 21.7. The second-order valence-corrected chi connectivity index (χ2v) is 9.77. The number of amides is 1. The van der Waals surface area contributed by atoms with Crippen molar-refractivity contribution in [3.63, 3.8) is 0 Å². The van der Waals surface area contributed by atoms with Crippen molar-refractivity contribution >= 4 is 23.2 Å². The molecule has 0 atom stereocenters. The van der Waals surface area contributed by atoms with Crippen LogP contribution in [0.25, 0.3) is 0 Å². The van der Waals surface area contributed by atoms with Gasteiger partial charge in [0, 0.05) is 48.5 Å². The summed E-state index contributed by atoms with van der Waals surface area (Å²) < 4.78 is 0. The Hall–Kier alpha value is -1.52. The molecule has 2 fully saturated rings. The van der Waals surface area contributed by atoms with Crippen molar-refractivity contribution in [3.8, 4) is 0 Å². The minimum absolute atomic E-state index is 0.198. The molecule has 0 aromatic heterocycles. The number of allylic oxidation sites excluding steroid dienone is 1. The van der Waals surface area contributed by atoms with Gasteiger partial charge in [-0.3, -0.25) is 9.69 Å². The Balaban J connectivity index is 1.13. The molecule has 1 saturated heterocycles. The molecule has 1 N–H and O–H groups in total. The zero-order valence-electron chi connectivity index (χ0n) is 18.3. The number of aryl methyl sites for hydroxylation is 1. The van der Waals surface area contributed by atoms with E-state index in [-0.39, 0.29) is 5.91 Å². The summed E-state index contributed by atoms with van der Waals surface area (Å²) in [5.74, 6) is 1.02. The maximum absolute atomic E-state index is 12.3. The van der Waals surface area contributed by atoms with E-state index in [0.717, 1.165) is 80.4 Å². The molecule has 1 aromatic carbocycles. The first-order valence-corrected chi connectivity index (χ1v) is 12.2. The molecular formula is C25H36ClN3O. The maximum Gasteiger partial charge on any atom is 0.247 e. The number of benzene rings is 1. The predicted molar refractivity (Wildman–Crippen MR) is 125 cm³/mol. The lowest BCUT2D eigenvalue weighted by atomic mass is 9.84. The molecule has 1 aromatic rings. The van der Waals surface area contributed by atoms with Crippen molar-refractivity contribution in [2.75, 3.05) is 37.6 Å². The second kappa shape index (κ2) is 10.2. The Morgan fingerprint density at radius 2 is 1.90 bits per heavy atom. The molecule has 0 radical (unpaired) electrons. The van der Waals surface area contributed by atoms with Gasteiger partial charge in [-0.1, -0.05) is 23.7 Å². The Labute approximate surface area is 186 Å². The summed E-state index contributed by atoms with van der Waals surface area (Å²) in [5.41, 5.74) is 3.41. The van der Waals surface area contributed by atoms with Crippen LogP contribution in [-0.4, -0.2) is 49.6 Å². The first-order valence-electron chi connectivity index (χ1n) is 11.8. The molecule has 1 saturated carbocycles. The standard InChI is InChI=1S/C25H36ClN3O/c1-19-6-11-23(18-24(19)26)29-16-14-28(15-17-29)13-12-20-7-9-22(10-8-20)27-25(30)21-4-2-3-5-21/h4,6,11,18,20,22H,2-3,5,7-10,12-17H2,1H3,(H,27,30)/t20-,22-. The van der Waals surface area contributed by atoms with Crippen molar-refractivity contribution < 1.29 is 4.79 Å². The fourth-order valence-electron chi connectivity index (χ4n) is 5.12. The number of piperazine rings is 1. The lowest BCUT2D eigenvalue weighted by molar-refractivity contribution is -0.118. The molecule has 0 unspecified atom stereocenters. The van der Waals surface area contributed by atoms with Gasteiger partial charge in [0.05, 0.1) is 0 Å². The number of nitrogens with zero attached hydrogens (tertiary/aromatic N) is 2. The summed E-state index contributed by atoms with van der Waals surface area (Å²) in [6.45, 7) is 7.68. The van der Waals surface area contributed by atoms with E-state index in [1.54, 1.807) is 0 Å². The fraction of sp³-hybridized carbons (Fsp3) is 0.640. The van der Waals surface area contributed by atoms with Gasteiger partial charge in [0.1, 0.15) is 0 Å². The first-order chi connectivity index (χ1) is 14.6. The van der Waals surface area contributed by atoms with Crippen LogP contribution in [0, 0.1) is 12.8 Å². The Morgan fingerprint density at radius 1 is 1.13 bits per heavy atom. The van der Waals surface area contributed by atoms with Crippen LogP contribution in [0.4, 0.5) is 5.69 Å². The van der Waals surface area contributed by atoms with Crippen LogP contribution in [0.1, 0.15) is 56.9 Å². The van der Waals surface area contributed by atoms with E-state index < -0.39 is 0 Å². The normalized spacial score (nSPS) is 25.3. The minimum Gasteiger partial charge on any atom is -0.369 e. The van der Waals surface area contributed by atoms with Gasteiger partial charge in [0.15, 0.2) is 0 Å². The number of anilines is 1. The van der Waals surface area contributed by atoms with Gasteiger partial charge >= 0.3 is 0 Å². The number of rotatable bonds is 6. The van der Waals surface area contributed by atoms with Gasteiger partial charge in [0.2, 0.25) is 5.91 Å². The fourth-order valence-corrected chi connectivity index (χ4v) is 5.30. The number of carbonyl (C=O) groups excluding carboxylic acids is 1. The molecule has 30 heavy (non-hydrogen) atoms. The van der Waals surface area contributed by atoms with E-state index in [2.05, 4.69) is 46.3 Å². The third-order valence-corrected chi connectivity index (χ3v) is 7.67. The monoisotopic (exact) mass is 429 g/mol. The second-order valence-electron chi connectivity index (χ2n) is 9.36. The van der Waals surface area contributed by atoms with Gasteiger partial charge in [-0.2, -0.15) is 0 Å². The van der Waals surface area contributed by atoms with Crippen molar-refractivity contribution in [1.82, 2.24) is 10.2 Å². The summed E-state index contributed by atoms with van der Waals surface area (Å²) >= 11 is 6.31. The molecule has 164 valence electrons. The van der Waals surface area contributed by atoms with Gasteiger partial charge < -0.3 is 10.2 Å². The van der Waals surface area contributed by atoms with Crippen molar-refractivity contribution in [3.05, 3.63) is 40.4 Å². The maximum atomic E-state index is 12.3. The average molecular weight is 430 g/mol. The van der Waals surface area contributed by atoms with Crippen LogP contribution in [-0.2, 0) is 4.79 Å². The van der Waals surface area contributed by atoms with Crippen molar-refractivity contribution in [1.29, 1.82) is 0 Å². The van der Waals surface area contributed by atoms with Gasteiger partial charge in [-0.25, -0.2) is 0 Å².